The van der Waals surface area contributed by atoms with Crippen LogP contribution >= 0.6 is 0 Å². The van der Waals surface area contributed by atoms with Gasteiger partial charge in [-0.2, -0.15) is 0 Å². The Balaban J connectivity index is 1.87. The van der Waals surface area contributed by atoms with E-state index in [-0.39, 0.29) is 36.2 Å². The average Bonchev–Trinajstić information content (AvgIpc) is 2.90. The zero-order valence-electron chi connectivity index (χ0n) is 20.5. The number of nitrogens with one attached hydrogen (secondary N) is 1. The van der Waals surface area contributed by atoms with Crippen molar-refractivity contribution in [2.75, 3.05) is 20.8 Å². The van der Waals surface area contributed by atoms with Crippen LogP contribution in [0.1, 0.15) is 16.7 Å². The van der Waals surface area contributed by atoms with Gasteiger partial charge in [0.2, 0.25) is 11.7 Å². The van der Waals surface area contributed by atoms with E-state index in [4.69, 9.17) is 9.47 Å². The van der Waals surface area contributed by atoms with E-state index in [1.54, 1.807) is 0 Å². The van der Waals surface area contributed by atoms with Crippen molar-refractivity contribution in [2.24, 2.45) is 0 Å². The first-order valence-corrected chi connectivity index (χ1v) is 11.4. The minimum atomic E-state index is -0.777. The topological polar surface area (TPSA) is 111 Å². The standard InChI is InChI=1S/C27H29N3O6/c1-19-9-11-21(12-10-19)17-29(24(27(32)28-2)15-20-7-5-4-6-8-20)26(31)18-36-22-13-14-23(30(33)34)25(16-22)35-3/h4-14,16,24H,15,17-18H2,1-3H3,(H,28,32). The molecule has 3 aromatic rings. The molecule has 0 heterocycles. The van der Waals surface area contributed by atoms with Gasteiger partial charge in [-0.05, 0) is 24.1 Å². The van der Waals surface area contributed by atoms with Crippen LogP contribution in [-0.4, -0.2) is 48.4 Å². The number of carbonyl (C=O) groups is 2. The van der Waals surface area contributed by atoms with E-state index in [1.807, 2.05) is 61.5 Å². The molecule has 3 rings (SSSR count). The van der Waals surface area contributed by atoms with Crippen molar-refractivity contribution >= 4 is 17.5 Å². The van der Waals surface area contributed by atoms with Crippen molar-refractivity contribution in [2.45, 2.75) is 25.9 Å². The maximum Gasteiger partial charge on any atom is 0.311 e. The lowest BCUT2D eigenvalue weighted by molar-refractivity contribution is -0.385. The largest absolute Gasteiger partial charge is 0.490 e. The van der Waals surface area contributed by atoms with Gasteiger partial charge in [-0.1, -0.05) is 60.2 Å². The number of hydrogen-bond donors (Lipinski definition) is 1. The summed E-state index contributed by atoms with van der Waals surface area (Å²) in [6, 6.07) is 20.4. The summed E-state index contributed by atoms with van der Waals surface area (Å²) in [5, 5.41) is 13.8. The normalized spacial score (nSPS) is 11.3. The lowest BCUT2D eigenvalue weighted by Crippen LogP contribution is -2.51. The van der Waals surface area contributed by atoms with Crippen molar-refractivity contribution in [3.63, 3.8) is 0 Å². The monoisotopic (exact) mass is 491 g/mol. The number of rotatable bonds is 11. The Kier molecular flexibility index (Phi) is 8.99. The third-order valence-electron chi connectivity index (χ3n) is 5.70. The van der Waals surface area contributed by atoms with Crippen LogP contribution in [0.4, 0.5) is 5.69 Å². The first-order valence-electron chi connectivity index (χ1n) is 11.4. The van der Waals surface area contributed by atoms with Gasteiger partial charge in [0.05, 0.1) is 12.0 Å². The molecule has 9 nitrogen and oxygen atoms in total. The maximum atomic E-state index is 13.5. The first-order chi connectivity index (χ1) is 17.3. The van der Waals surface area contributed by atoms with Crippen LogP contribution in [-0.2, 0) is 22.6 Å². The molecular formula is C27H29N3O6. The van der Waals surface area contributed by atoms with Gasteiger partial charge >= 0.3 is 5.69 Å². The van der Waals surface area contributed by atoms with Crippen LogP contribution in [0.2, 0.25) is 0 Å². The van der Waals surface area contributed by atoms with Crippen LogP contribution in [0, 0.1) is 17.0 Å². The van der Waals surface area contributed by atoms with Gasteiger partial charge in [0.25, 0.3) is 5.91 Å². The molecule has 2 amide bonds. The maximum absolute atomic E-state index is 13.5. The molecule has 0 radical (unpaired) electrons. The van der Waals surface area contributed by atoms with Gasteiger partial charge in [0.1, 0.15) is 11.8 Å². The predicted octanol–water partition coefficient (Wildman–Crippen LogP) is 3.68. The molecule has 188 valence electrons. The molecule has 9 heteroatoms. The van der Waals surface area contributed by atoms with Gasteiger partial charge in [0.15, 0.2) is 6.61 Å². The Labute approximate surface area is 209 Å². The first kappa shape index (κ1) is 26.2. The quantitative estimate of drug-likeness (QED) is 0.324. The number of amides is 2. The smallest absolute Gasteiger partial charge is 0.311 e. The molecule has 36 heavy (non-hydrogen) atoms. The molecule has 0 aliphatic carbocycles. The minimum Gasteiger partial charge on any atom is -0.490 e. The third-order valence-corrected chi connectivity index (χ3v) is 5.70. The van der Waals surface area contributed by atoms with Gasteiger partial charge in [0, 0.05) is 32.1 Å². The molecule has 0 spiro atoms. The summed E-state index contributed by atoms with van der Waals surface area (Å²) < 4.78 is 10.7. The highest BCUT2D eigenvalue weighted by Gasteiger charge is 2.30. The molecule has 1 unspecified atom stereocenters. The van der Waals surface area contributed by atoms with E-state index in [0.29, 0.717) is 6.42 Å². The van der Waals surface area contributed by atoms with Crippen molar-refractivity contribution in [3.8, 4) is 11.5 Å². The third kappa shape index (κ3) is 6.82. The molecule has 0 fully saturated rings. The predicted molar refractivity (Wildman–Crippen MR) is 135 cm³/mol. The highest BCUT2D eigenvalue weighted by molar-refractivity contribution is 5.88. The average molecular weight is 492 g/mol. The number of nitrogens with zero attached hydrogens (tertiary/aromatic N) is 2. The highest BCUT2D eigenvalue weighted by Crippen LogP contribution is 2.30. The van der Waals surface area contributed by atoms with E-state index >= 15 is 0 Å². The molecular weight excluding hydrogens is 462 g/mol. The van der Waals surface area contributed by atoms with Crippen molar-refractivity contribution in [3.05, 3.63) is 99.6 Å². The molecule has 1 atom stereocenters. The molecule has 1 N–H and O–H groups in total. The number of hydrogen-bond acceptors (Lipinski definition) is 6. The second kappa shape index (κ2) is 12.3. The van der Waals surface area contributed by atoms with Crippen LogP contribution in [0.25, 0.3) is 0 Å². The fourth-order valence-electron chi connectivity index (χ4n) is 3.74. The number of methoxy groups -OCH3 is 1. The summed E-state index contributed by atoms with van der Waals surface area (Å²) in [6.07, 6.45) is 0.323. The second-order valence-electron chi connectivity index (χ2n) is 8.21. The lowest BCUT2D eigenvalue weighted by Gasteiger charge is -2.31. The van der Waals surface area contributed by atoms with Crippen LogP contribution in [0.3, 0.4) is 0 Å². The van der Waals surface area contributed by atoms with E-state index in [1.165, 1.54) is 37.3 Å². The molecule has 0 aliphatic rings. The van der Waals surface area contributed by atoms with E-state index in [2.05, 4.69) is 5.32 Å². The van der Waals surface area contributed by atoms with Gasteiger partial charge in [-0.25, -0.2) is 0 Å². The zero-order valence-corrected chi connectivity index (χ0v) is 20.5. The van der Waals surface area contributed by atoms with Crippen molar-refractivity contribution in [1.82, 2.24) is 10.2 Å². The number of ether oxygens (including phenoxy) is 2. The van der Waals surface area contributed by atoms with Crippen molar-refractivity contribution in [1.29, 1.82) is 0 Å². The number of nitro benzene ring substituents is 1. The van der Waals surface area contributed by atoms with Crippen molar-refractivity contribution < 1.29 is 24.0 Å². The Morgan fingerprint density at radius 3 is 2.33 bits per heavy atom. The highest BCUT2D eigenvalue weighted by atomic mass is 16.6. The molecule has 0 aliphatic heterocycles. The number of nitro groups is 1. The van der Waals surface area contributed by atoms with Crippen LogP contribution in [0.5, 0.6) is 11.5 Å². The fourth-order valence-corrected chi connectivity index (χ4v) is 3.74. The SMILES string of the molecule is CNC(=O)C(Cc1ccccc1)N(Cc1ccc(C)cc1)C(=O)COc1ccc([N+](=O)[O-])c(OC)c1. The molecule has 3 aromatic carbocycles. The van der Waals surface area contributed by atoms with Crippen LogP contribution < -0.4 is 14.8 Å². The van der Waals surface area contributed by atoms with Gasteiger partial charge in [-0.3, -0.25) is 19.7 Å². The van der Waals surface area contributed by atoms with E-state index in [0.717, 1.165) is 16.7 Å². The summed E-state index contributed by atoms with van der Waals surface area (Å²) >= 11 is 0. The van der Waals surface area contributed by atoms with E-state index in [9.17, 15) is 19.7 Å². The van der Waals surface area contributed by atoms with Crippen LogP contribution in [0.15, 0.2) is 72.8 Å². The Morgan fingerprint density at radius 1 is 1.03 bits per heavy atom. The fraction of sp³-hybridized carbons (Fsp3) is 0.259. The second-order valence-corrected chi connectivity index (χ2v) is 8.21. The summed E-state index contributed by atoms with van der Waals surface area (Å²) in [6.45, 7) is 1.81. The van der Waals surface area contributed by atoms with E-state index < -0.39 is 16.9 Å². The van der Waals surface area contributed by atoms with Gasteiger partial charge in [-0.15, -0.1) is 0 Å². The number of likely N-dealkylation sites (N-methyl/N-ethyl adjacent to an activating group) is 1. The minimum absolute atomic E-state index is 0.0220. The summed E-state index contributed by atoms with van der Waals surface area (Å²) in [7, 11) is 2.85. The lowest BCUT2D eigenvalue weighted by atomic mass is 10.0. The molecule has 0 aromatic heterocycles. The number of aryl methyl sites for hydroxylation is 1. The zero-order chi connectivity index (χ0) is 26.1. The van der Waals surface area contributed by atoms with Gasteiger partial charge < -0.3 is 19.7 Å². The molecule has 0 saturated carbocycles. The Morgan fingerprint density at radius 2 is 1.72 bits per heavy atom. The summed E-state index contributed by atoms with van der Waals surface area (Å²) in [5.41, 5.74) is 2.65. The summed E-state index contributed by atoms with van der Waals surface area (Å²) in [4.78, 5) is 38.5. The summed E-state index contributed by atoms with van der Waals surface area (Å²) in [5.74, 6) is -0.442. The molecule has 0 saturated heterocycles. The Bertz CT molecular complexity index is 1200. The number of carbonyl (C=O) groups excluding carboxylic acids is 2. The Hall–Kier alpha value is -4.40. The number of benzene rings is 3. The molecule has 0 bridgehead atoms.